The molecule has 5 nitrogen and oxygen atoms in total. The van der Waals surface area contributed by atoms with Crippen LogP contribution in [0.3, 0.4) is 0 Å². The number of unbranched alkanes of at least 4 members (excludes halogenated alkanes) is 5. The van der Waals surface area contributed by atoms with Gasteiger partial charge in [-0.1, -0.05) is 67.6 Å². The lowest BCUT2D eigenvalue weighted by molar-refractivity contribution is 0.0952. The van der Waals surface area contributed by atoms with Crippen molar-refractivity contribution in [1.82, 2.24) is 5.32 Å². The molecule has 0 aliphatic heterocycles. The molecule has 196 valence electrons. The quantitative estimate of drug-likeness (QED) is 0.178. The van der Waals surface area contributed by atoms with Crippen molar-refractivity contribution in [3.05, 3.63) is 99.8 Å². The highest BCUT2D eigenvalue weighted by Gasteiger charge is 2.19. The van der Waals surface area contributed by atoms with E-state index in [0.717, 1.165) is 31.7 Å². The van der Waals surface area contributed by atoms with E-state index >= 15 is 0 Å². The first-order chi connectivity index (χ1) is 18.0. The van der Waals surface area contributed by atoms with Gasteiger partial charge in [0.2, 0.25) is 0 Å². The van der Waals surface area contributed by atoms with Crippen molar-refractivity contribution in [2.45, 2.75) is 44.9 Å². The predicted molar refractivity (Wildman–Crippen MR) is 144 cm³/mol. The number of ether oxygens (including phenoxy) is 1. The van der Waals surface area contributed by atoms with Crippen LogP contribution in [0.4, 0.5) is 4.39 Å². The van der Waals surface area contributed by atoms with Gasteiger partial charge in [0, 0.05) is 17.7 Å². The third-order valence-electron chi connectivity index (χ3n) is 6.04. The van der Waals surface area contributed by atoms with Crippen LogP contribution in [0.5, 0.6) is 5.75 Å². The number of aryl methyl sites for hydroxylation is 1. The smallest absolute Gasteiger partial charge is 0.251 e. The average Bonchev–Trinajstić information content (AvgIpc) is 2.92. The molecule has 0 bridgehead atoms. The number of aliphatic hydroxyl groups excluding tert-OH is 1. The lowest BCUT2D eigenvalue weighted by atomic mass is 9.99. The number of carbonyl (C=O) groups excluding carboxylic acids is 2. The molecular formula is C30H33ClFNO4. The molecule has 0 aliphatic rings. The number of benzene rings is 3. The Balaban J connectivity index is 1.48. The van der Waals surface area contributed by atoms with Crippen LogP contribution in [0, 0.1) is 5.82 Å². The van der Waals surface area contributed by atoms with Gasteiger partial charge in [0.1, 0.15) is 18.2 Å². The molecule has 0 heterocycles. The lowest BCUT2D eigenvalue weighted by Gasteiger charge is -2.13. The number of aliphatic hydroxyl groups is 1. The maximum Gasteiger partial charge on any atom is 0.251 e. The molecule has 0 aromatic heterocycles. The van der Waals surface area contributed by atoms with E-state index in [9.17, 15) is 14.0 Å². The largest absolute Gasteiger partial charge is 0.490 e. The number of rotatable bonds is 15. The second-order valence-electron chi connectivity index (χ2n) is 8.85. The Morgan fingerprint density at radius 3 is 2.30 bits per heavy atom. The second-order valence-corrected chi connectivity index (χ2v) is 9.26. The van der Waals surface area contributed by atoms with Crippen LogP contribution in [-0.4, -0.2) is 36.6 Å². The molecule has 0 radical (unpaired) electrons. The third kappa shape index (κ3) is 8.99. The molecule has 0 atom stereocenters. The maximum absolute atomic E-state index is 13.5. The minimum atomic E-state index is -0.629. The van der Waals surface area contributed by atoms with Crippen LogP contribution in [0.2, 0.25) is 5.02 Å². The van der Waals surface area contributed by atoms with Crippen LogP contribution >= 0.6 is 11.6 Å². The van der Waals surface area contributed by atoms with Crippen LogP contribution < -0.4 is 10.1 Å². The van der Waals surface area contributed by atoms with E-state index in [4.69, 9.17) is 21.4 Å². The van der Waals surface area contributed by atoms with Gasteiger partial charge in [-0.3, -0.25) is 9.59 Å². The van der Waals surface area contributed by atoms with Crippen LogP contribution in [0.15, 0.2) is 66.7 Å². The van der Waals surface area contributed by atoms with Crippen LogP contribution in [0.1, 0.15) is 70.4 Å². The summed E-state index contributed by atoms with van der Waals surface area (Å²) < 4.78 is 19.0. The highest BCUT2D eigenvalue weighted by molar-refractivity contribution is 6.31. The van der Waals surface area contributed by atoms with Gasteiger partial charge >= 0.3 is 0 Å². The van der Waals surface area contributed by atoms with Crippen molar-refractivity contribution >= 4 is 23.3 Å². The number of ketones is 1. The van der Waals surface area contributed by atoms with Gasteiger partial charge in [-0.2, -0.15) is 0 Å². The standard InChI is InChI=1S/C30H33ClFNO4/c31-26-21-23(13-15-27(26)32)29(35)25-20-24(14-16-28(25)37-19-18-34)30(36)33-17-9-4-2-1-3-6-10-22-11-7-5-8-12-22/h5,7-8,11-16,20-21,34H,1-4,6,9-10,17-19H2,(H,33,36). The highest BCUT2D eigenvalue weighted by Crippen LogP contribution is 2.26. The molecule has 3 aromatic carbocycles. The fourth-order valence-electron chi connectivity index (χ4n) is 4.03. The minimum Gasteiger partial charge on any atom is -0.490 e. The Labute approximate surface area is 222 Å². The second kappa shape index (κ2) is 15.1. The van der Waals surface area contributed by atoms with Crippen molar-refractivity contribution in [3.8, 4) is 5.75 Å². The molecule has 7 heteroatoms. The predicted octanol–water partition coefficient (Wildman–Crippen LogP) is 6.39. The summed E-state index contributed by atoms with van der Waals surface area (Å²) >= 11 is 5.84. The zero-order valence-electron chi connectivity index (χ0n) is 20.8. The molecule has 0 aliphatic carbocycles. The molecule has 0 saturated carbocycles. The number of hydrogen-bond donors (Lipinski definition) is 2. The van der Waals surface area contributed by atoms with Gasteiger partial charge in [0.15, 0.2) is 5.78 Å². The van der Waals surface area contributed by atoms with Crippen LogP contribution in [-0.2, 0) is 6.42 Å². The molecule has 3 aromatic rings. The summed E-state index contributed by atoms with van der Waals surface area (Å²) in [6.45, 7) is 0.302. The van der Waals surface area contributed by atoms with Gasteiger partial charge in [-0.15, -0.1) is 0 Å². The number of nitrogens with one attached hydrogen (secondary N) is 1. The van der Waals surface area contributed by atoms with Crippen molar-refractivity contribution in [3.63, 3.8) is 0 Å². The van der Waals surface area contributed by atoms with E-state index in [2.05, 4.69) is 29.6 Å². The Morgan fingerprint density at radius 1 is 0.865 bits per heavy atom. The van der Waals surface area contributed by atoms with Crippen molar-refractivity contribution < 1.29 is 23.8 Å². The lowest BCUT2D eigenvalue weighted by Crippen LogP contribution is -2.24. The van der Waals surface area contributed by atoms with Gasteiger partial charge in [-0.25, -0.2) is 4.39 Å². The molecular weight excluding hydrogens is 493 g/mol. The summed E-state index contributed by atoms with van der Waals surface area (Å²) in [6.07, 6.45) is 7.71. The number of carbonyl (C=O) groups is 2. The first-order valence-electron chi connectivity index (χ1n) is 12.7. The fraction of sp³-hybridized carbons (Fsp3) is 0.333. The Kier molecular flexibility index (Phi) is 11.6. The van der Waals surface area contributed by atoms with E-state index in [0.29, 0.717) is 12.1 Å². The summed E-state index contributed by atoms with van der Waals surface area (Å²) in [7, 11) is 0. The summed E-state index contributed by atoms with van der Waals surface area (Å²) in [6, 6.07) is 18.7. The molecule has 0 saturated heterocycles. The first-order valence-corrected chi connectivity index (χ1v) is 13.1. The van der Waals surface area contributed by atoms with Gasteiger partial charge in [0.05, 0.1) is 17.2 Å². The Morgan fingerprint density at radius 2 is 1.57 bits per heavy atom. The van der Waals surface area contributed by atoms with E-state index in [1.165, 1.54) is 49.1 Å². The van der Waals surface area contributed by atoms with Gasteiger partial charge in [-0.05, 0) is 61.2 Å². The fourth-order valence-corrected chi connectivity index (χ4v) is 4.21. The molecule has 37 heavy (non-hydrogen) atoms. The zero-order chi connectivity index (χ0) is 26.5. The van der Waals surface area contributed by atoms with E-state index < -0.39 is 11.6 Å². The normalized spacial score (nSPS) is 10.8. The minimum absolute atomic E-state index is 0.0117. The molecule has 0 fully saturated rings. The van der Waals surface area contributed by atoms with Gasteiger partial charge in [0.25, 0.3) is 5.91 Å². The monoisotopic (exact) mass is 525 g/mol. The molecule has 1 amide bonds. The summed E-state index contributed by atoms with van der Waals surface area (Å²) in [5.41, 5.74) is 2.00. The number of halogens is 2. The Hall–Kier alpha value is -3.22. The first kappa shape index (κ1) is 28.4. The highest BCUT2D eigenvalue weighted by atomic mass is 35.5. The number of hydrogen-bond acceptors (Lipinski definition) is 4. The van der Waals surface area contributed by atoms with Crippen molar-refractivity contribution in [2.24, 2.45) is 0 Å². The summed E-state index contributed by atoms with van der Waals surface area (Å²) in [5.74, 6) is -1.15. The van der Waals surface area contributed by atoms with E-state index in [1.54, 1.807) is 6.07 Å². The number of amides is 1. The molecule has 0 unspecified atom stereocenters. The molecule has 3 rings (SSSR count). The third-order valence-corrected chi connectivity index (χ3v) is 6.33. The molecule has 0 spiro atoms. The Bertz CT molecular complexity index is 1170. The van der Waals surface area contributed by atoms with Crippen molar-refractivity contribution in [1.29, 1.82) is 0 Å². The summed E-state index contributed by atoms with van der Waals surface area (Å²) in [5, 5.41) is 11.8. The zero-order valence-corrected chi connectivity index (χ0v) is 21.6. The van der Waals surface area contributed by atoms with Crippen molar-refractivity contribution in [2.75, 3.05) is 19.8 Å². The maximum atomic E-state index is 13.5. The van der Waals surface area contributed by atoms with Crippen LogP contribution in [0.25, 0.3) is 0 Å². The topological polar surface area (TPSA) is 75.6 Å². The SMILES string of the molecule is O=C(NCCCCCCCCc1ccccc1)c1ccc(OCCO)c(C(=O)c2ccc(F)c(Cl)c2)c1. The average molecular weight is 526 g/mol. The van der Waals surface area contributed by atoms with Gasteiger partial charge < -0.3 is 15.2 Å². The van der Waals surface area contributed by atoms with E-state index in [1.807, 2.05) is 6.07 Å². The van der Waals surface area contributed by atoms with E-state index in [-0.39, 0.29) is 41.0 Å². The summed E-state index contributed by atoms with van der Waals surface area (Å²) in [4.78, 5) is 25.8. The molecule has 2 N–H and O–H groups in total.